The summed E-state index contributed by atoms with van der Waals surface area (Å²) in [6, 6.07) is 6.27. The van der Waals surface area contributed by atoms with Crippen LogP contribution >= 0.6 is 0 Å². The number of benzene rings is 1. The van der Waals surface area contributed by atoms with Crippen LogP contribution < -0.4 is 14.2 Å². The van der Waals surface area contributed by atoms with E-state index in [0.29, 0.717) is 29.9 Å². The van der Waals surface area contributed by atoms with Gasteiger partial charge in [-0.15, -0.1) is 6.58 Å². The first-order chi connectivity index (χ1) is 24.2. The number of methoxy groups -OCH3 is 1. The Hall–Kier alpha value is -4.72. The highest BCUT2D eigenvalue weighted by Gasteiger charge is 2.61. The van der Waals surface area contributed by atoms with Crippen LogP contribution in [0, 0.1) is 22.7 Å². The molecule has 5 atom stereocenters. The number of sulfonamides is 1. The largest absolute Gasteiger partial charge is 0.497 e. The molecule has 3 aliphatic rings. The third-order valence-electron chi connectivity index (χ3n) is 10.3. The standard InChI is InChI=1S/C37H43N5O8S/c1-6-23-18-37(23,35(46)41-51(47,48)26-8-9-26)19-32(44)30-16-25(50-33-27-10-7-24(49-5)15-22(27)11-12-40-33)21-42(30)34(45)28(36(2,3)4)17-31(43)29-20-38-13-14-39-29/h6-7,10-15,20,23,25-26,28,30H,1,8-9,16-19,21H2,2-5H3,(H,41,46)/t23-,25?,28-,30+,37-/m1/s1. The Balaban J connectivity index is 1.30. The van der Waals surface area contributed by atoms with E-state index in [1.165, 1.54) is 23.5 Å². The predicted molar refractivity (Wildman–Crippen MR) is 187 cm³/mol. The predicted octanol–water partition coefficient (Wildman–Crippen LogP) is 4.08. The summed E-state index contributed by atoms with van der Waals surface area (Å²) >= 11 is 0. The van der Waals surface area contributed by atoms with Crippen molar-refractivity contribution in [3.63, 3.8) is 0 Å². The Labute approximate surface area is 297 Å². The van der Waals surface area contributed by atoms with Crippen molar-refractivity contribution in [3.05, 3.63) is 67.4 Å². The highest BCUT2D eigenvalue weighted by molar-refractivity contribution is 7.90. The van der Waals surface area contributed by atoms with E-state index in [9.17, 15) is 27.6 Å². The minimum atomic E-state index is -3.85. The van der Waals surface area contributed by atoms with E-state index in [4.69, 9.17) is 9.47 Å². The maximum absolute atomic E-state index is 14.6. The lowest BCUT2D eigenvalue weighted by Gasteiger charge is -2.35. The fourth-order valence-corrected chi connectivity index (χ4v) is 8.33. The van der Waals surface area contributed by atoms with Crippen LogP contribution in [0.1, 0.15) is 69.8 Å². The summed E-state index contributed by atoms with van der Waals surface area (Å²) in [5.41, 5.74) is -1.86. The molecular formula is C37H43N5O8S. The third kappa shape index (κ3) is 7.51. The molecule has 270 valence electrons. The maximum Gasteiger partial charge on any atom is 0.240 e. The Kier molecular flexibility index (Phi) is 9.75. The van der Waals surface area contributed by atoms with Gasteiger partial charge in [0.15, 0.2) is 11.6 Å². The molecule has 1 unspecified atom stereocenters. The Morgan fingerprint density at radius 3 is 2.51 bits per heavy atom. The molecule has 0 spiro atoms. The normalized spacial score (nSPS) is 23.7. The second-order valence-corrected chi connectivity index (χ2v) is 16.8. The van der Waals surface area contributed by atoms with Gasteiger partial charge in [0.25, 0.3) is 0 Å². The molecule has 0 radical (unpaired) electrons. The Morgan fingerprint density at radius 1 is 1.12 bits per heavy atom. The molecule has 2 saturated carbocycles. The van der Waals surface area contributed by atoms with Gasteiger partial charge in [-0.3, -0.25) is 28.9 Å². The number of nitrogens with zero attached hydrogens (tertiary/aromatic N) is 4. The summed E-state index contributed by atoms with van der Waals surface area (Å²) in [6.45, 7) is 9.39. The summed E-state index contributed by atoms with van der Waals surface area (Å²) in [5.74, 6) is -2.17. The molecule has 13 nitrogen and oxygen atoms in total. The van der Waals surface area contributed by atoms with E-state index in [2.05, 4.69) is 26.3 Å². The first-order valence-corrected chi connectivity index (χ1v) is 18.6. The zero-order valence-electron chi connectivity index (χ0n) is 29.2. The van der Waals surface area contributed by atoms with Gasteiger partial charge in [-0.05, 0) is 60.2 Å². The zero-order valence-corrected chi connectivity index (χ0v) is 30.0. The van der Waals surface area contributed by atoms with Crippen LogP contribution in [-0.4, -0.2) is 82.7 Å². The summed E-state index contributed by atoms with van der Waals surface area (Å²) in [7, 11) is -2.28. The molecule has 3 fully saturated rings. The lowest BCUT2D eigenvalue weighted by atomic mass is 9.76. The smallest absolute Gasteiger partial charge is 0.240 e. The molecule has 14 heteroatoms. The van der Waals surface area contributed by atoms with Crippen molar-refractivity contribution < 1.29 is 37.1 Å². The first-order valence-electron chi connectivity index (χ1n) is 17.1. The van der Waals surface area contributed by atoms with Crippen LogP contribution in [0.5, 0.6) is 11.6 Å². The molecule has 3 heterocycles. The minimum Gasteiger partial charge on any atom is -0.497 e. The summed E-state index contributed by atoms with van der Waals surface area (Å²) < 4.78 is 39.4. The van der Waals surface area contributed by atoms with E-state index < -0.39 is 67.7 Å². The number of ether oxygens (including phenoxy) is 2. The highest BCUT2D eigenvalue weighted by Crippen LogP contribution is 2.57. The monoisotopic (exact) mass is 717 g/mol. The molecule has 2 aromatic heterocycles. The van der Waals surface area contributed by atoms with Crippen LogP contribution in [0.15, 0.2) is 61.7 Å². The van der Waals surface area contributed by atoms with E-state index in [1.807, 2.05) is 39.0 Å². The molecule has 1 N–H and O–H groups in total. The number of pyridine rings is 1. The molecule has 51 heavy (non-hydrogen) atoms. The molecule has 0 bridgehead atoms. The second-order valence-electron chi connectivity index (χ2n) is 14.8. The number of carbonyl (C=O) groups excluding carboxylic acids is 4. The maximum atomic E-state index is 14.6. The van der Waals surface area contributed by atoms with Crippen molar-refractivity contribution in [1.82, 2.24) is 24.6 Å². The van der Waals surface area contributed by atoms with Gasteiger partial charge >= 0.3 is 0 Å². The number of Topliss-reactive ketones (excluding diaryl/α,β-unsaturated/α-hetero) is 2. The van der Waals surface area contributed by atoms with Gasteiger partial charge in [0, 0.05) is 43.2 Å². The van der Waals surface area contributed by atoms with Crippen molar-refractivity contribution in [1.29, 1.82) is 0 Å². The number of rotatable bonds is 14. The van der Waals surface area contributed by atoms with Gasteiger partial charge in [0.05, 0.1) is 42.5 Å². The number of carbonyl (C=O) groups is 4. The topological polar surface area (TPSA) is 175 Å². The number of hydrogen-bond acceptors (Lipinski definition) is 11. The average Bonchev–Trinajstić information content (AvgIpc) is 4.03. The minimum absolute atomic E-state index is 0.0233. The molecule has 1 aromatic carbocycles. The van der Waals surface area contributed by atoms with Crippen LogP contribution in [0.4, 0.5) is 0 Å². The number of amides is 2. The molecule has 2 aliphatic carbocycles. The number of aromatic nitrogens is 3. The van der Waals surface area contributed by atoms with Crippen molar-refractivity contribution in [3.8, 4) is 11.6 Å². The number of likely N-dealkylation sites (tertiary alicyclic amines) is 1. The zero-order chi connectivity index (χ0) is 36.7. The van der Waals surface area contributed by atoms with Crippen molar-refractivity contribution in [2.24, 2.45) is 22.7 Å². The van der Waals surface area contributed by atoms with Gasteiger partial charge < -0.3 is 14.4 Å². The Morgan fingerprint density at radius 2 is 1.88 bits per heavy atom. The van der Waals surface area contributed by atoms with Crippen LogP contribution in [-0.2, 0) is 24.4 Å². The van der Waals surface area contributed by atoms with Crippen molar-refractivity contribution in [2.45, 2.75) is 76.7 Å². The van der Waals surface area contributed by atoms with E-state index >= 15 is 0 Å². The summed E-state index contributed by atoms with van der Waals surface area (Å²) in [5, 5.41) is 0.928. The van der Waals surface area contributed by atoms with Crippen LogP contribution in [0.3, 0.4) is 0 Å². The van der Waals surface area contributed by atoms with E-state index in [0.717, 1.165) is 5.39 Å². The molecule has 1 saturated heterocycles. The number of allylic oxidation sites excluding steroid dienone is 1. The van der Waals surface area contributed by atoms with Gasteiger partial charge in [-0.25, -0.2) is 18.4 Å². The highest BCUT2D eigenvalue weighted by atomic mass is 32.2. The molecule has 1 aliphatic heterocycles. The number of nitrogens with one attached hydrogen (secondary N) is 1. The van der Waals surface area contributed by atoms with Crippen LogP contribution in [0.2, 0.25) is 0 Å². The van der Waals surface area contributed by atoms with Crippen molar-refractivity contribution >= 4 is 44.2 Å². The van der Waals surface area contributed by atoms with E-state index in [-0.39, 0.29) is 43.7 Å². The third-order valence-corrected chi connectivity index (χ3v) is 12.1. The molecular weight excluding hydrogens is 675 g/mol. The van der Waals surface area contributed by atoms with Gasteiger partial charge in [-0.1, -0.05) is 26.8 Å². The average molecular weight is 718 g/mol. The van der Waals surface area contributed by atoms with Gasteiger partial charge in [-0.2, -0.15) is 0 Å². The van der Waals surface area contributed by atoms with Crippen LogP contribution in [0.25, 0.3) is 10.8 Å². The first kappa shape index (κ1) is 36.1. The lowest BCUT2D eigenvalue weighted by molar-refractivity contribution is -0.144. The van der Waals surface area contributed by atoms with Gasteiger partial charge in [0.1, 0.15) is 17.5 Å². The fourth-order valence-electron chi connectivity index (χ4n) is 6.94. The summed E-state index contributed by atoms with van der Waals surface area (Å²) in [4.78, 5) is 69.8. The number of hydrogen-bond donors (Lipinski definition) is 1. The molecule has 6 rings (SSSR count). The summed E-state index contributed by atoms with van der Waals surface area (Å²) in [6.07, 6.45) is 7.59. The number of fused-ring (bicyclic) bond motifs is 1. The van der Waals surface area contributed by atoms with Gasteiger partial charge in [0.2, 0.25) is 27.7 Å². The van der Waals surface area contributed by atoms with Crippen molar-refractivity contribution in [2.75, 3.05) is 13.7 Å². The molecule has 2 amide bonds. The number of ketones is 2. The quantitative estimate of drug-likeness (QED) is 0.188. The Bertz CT molecular complexity index is 1980. The SMILES string of the molecule is C=C[C@@H]1C[C@]1(CC(=O)[C@@H]1CC(Oc2nccc3cc(OC)ccc23)CN1C(=O)[C@@H](CC(=O)c1cnccn1)C(C)(C)C)C(=O)NS(=O)(=O)C1CC1. The fraction of sp³-hybridized carbons (Fsp3) is 0.486. The molecule has 3 aromatic rings. The van der Waals surface area contributed by atoms with E-state index in [1.54, 1.807) is 25.4 Å². The lowest BCUT2D eigenvalue weighted by Crippen LogP contribution is -2.48. The second kappa shape index (κ2) is 13.8.